The Kier molecular flexibility index (Phi) is 4.48. The van der Waals surface area contributed by atoms with Crippen LogP contribution in [0.2, 0.25) is 10.0 Å². The number of hydrogen-bond acceptors (Lipinski definition) is 4. The molecule has 4 nitrogen and oxygen atoms in total. The van der Waals surface area contributed by atoms with Gasteiger partial charge in [-0.05, 0) is 12.1 Å². The summed E-state index contributed by atoms with van der Waals surface area (Å²) in [7, 11) is 1.61. The Morgan fingerprint density at radius 2 is 2.28 bits per heavy atom. The number of halogens is 2. The molecule has 1 aliphatic rings. The normalized spacial score (nSPS) is 27.7. The number of nitrogens with two attached hydrogens (primary N) is 1. The highest BCUT2D eigenvalue weighted by molar-refractivity contribution is 6.35. The molecular weight excluding hydrogens is 277 g/mol. The van der Waals surface area contributed by atoms with E-state index in [-0.39, 0.29) is 12.6 Å². The van der Waals surface area contributed by atoms with Crippen LogP contribution in [0.1, 0.15) is 5.56 Å². The minimum atomic E-state index is -1.01. The Hall–Kier alpha value is -0.360. The van der Waals surface area contributed by atoms with E-state index in [0.717, 1.165) is 0 Å². The summed E-state index contributed by atoms with van der Waals surface area (Å²) >= 11 is 12.0. The van der Waals surface area contributed by atoms with Gasteiger partial charge in [0.15, 0.2) is 0 Å². The van der Waals surface area contributed by atoms with Crippen LogP contribution >= 0.6 is 23.2 Å². The third-order valence-corrected chi connectivity index (χ3v) is 3.37. The zero-order valence-corrected chi connectivity index (χ0v) is 11.5. The average molecular weight is 292 g/mol. The molecule has 0 radical (unpaired) electrons. The molecule has 1 saturated heterocycles. The van der Waals surface area contributed by atoms with Crippen molar-refractivity contribution in [1.82, 2.24) is 0 Å². The molecular formula is C12H15Cl2NO3. The van der Waals surface area contributed by atoms with Crippen LogP contribution in [-0.2, 0) is 20.0 Å². The first kappa shape index (κ1) is 14.1. The minimum Gasteiger partial charge on any atom is -0.382 e. The molecule has 6 heteroatoms. The van der Waals surface area contributed by atoms with Crippen LogP contribution in [0, 0.1) is 0 Å². The van der Waals surface area contributed by atoms with Gasteiger partial charge in [-0.25, -0.2) is 0 Å². The summed E-state index contributed by atoms with van der Waals surface area (Å²) < 4.78 is 16.6. The summed E-state index contributed by atoms with van der Waals surface area (Å²) in [5.74, 6) is -1.01. The Labute approximate surface area is 116 Å². The summed E-state index contributed by atoms with van der Waals surface area (Å²) in [6.45, 7) is 1.05. The molecule has 1 heterocycles. The fourth-order valence-electron chi connectivity index (χ4n) is 1.99. The summed E-state index contributed by atoms with van der Waals surface area (Å²) in [6, 6.07) is 5.15. The van der Waals surface area contributed by atoms with Crippen molar-refractivity contribution in [3.05, 3.63) is 33.8 Å². The van der Waals surface area contributed by atoms with E-state index >= 15 is 0 Å². The lowest BCUT2D eigenvalue weighted by atomic mass is 10.1. The van der Waals surface area contributed by atoms with E-state index in [9.17, 15) is 0 Å². The number of rotatable bonds is 4. The molecule has 1 aliphatic heterocycles. The van der Waals surface area contributed by atoms with Crippen molar-refractivity contribution in [1.29, 1.82) is 0 Å². The van der Waals surface area contributed by atoms with Crippen LogP contribution in [0.5, 0.6) is 0 Å². The maximum atomic E-state index is 6.17. The highest BCUT2D eigenvalue weighted by Gasteiger charge is 2.43. The second kappa shape index (κ2) is 5.74. The van der Waals surface area contributed by atoms with Crippen molar-refractivity contribution < 1.29 is 14.2 Å². The lowest BCUT2D eigenvalue weighted by Gasteiger charge is -2.27. The molecule has 1 aromatic carbocycles. The van der Waals surface area contributed by atoms with Crippen molar-refractivity contribution in [3.63, 3.8) is 0 Å². The van der Waals surface area contributed by atoms with Gasteiger partial charge < -0.3 is 19.9 Å². The smallest absolute Gasteiger partial charge is 0.209 e. The number of benzene rings is 1. The van der Waals surface area contributed by atoms with Crippen molar-refractivity contribution in [3.8, 4) is 0 Å². The predicted octanol–water partition coefficient (Wildman–Crippen LogP) is 2.17. The summed E-state index contributed by atoms with van der Waals surface area (Å²) in [5.41, 5.74) is 6.47. The first-order chi connectivity index (χ1) is 8.61. The minimum absolute atomic E-state index is 0.148. The molecule has 2 N–H and O–H groups in total. The predicted molar refractivity (Wildman–Crippen MR) is 69.9 cm³/mol. The van der Waals surface area contributed by atoms with Gasteiger partial charge in [0.2, 0.25) is 5.79 Å². The SMILES string of the molecule is COCC1COC(CN)(c2ccc(Cl)cc2Cl)O1. The maximum absolute atomic E-state index is 6.17. The number of methoxy groups -OCH3 is 1. The topological polar surface area (TPSA) is 53.7 Å². The van der Waals surface area contributed by atoms with Gasteiger partial charge in [-0.15, -0.1) is 0 Å². The quantitative estimate of drug-likeness (QED) is 0.924. The summed E-state index contributed by atoms with van der Waals surface area (Å²) in [6.07, 6.45) is -0.148. The van der Waals surface area contributed by atoms with Crippen molar-refractivity contribution in [2.75, 3.05) is 26.9 Å². The van der Waals surface area contributed by atoms with Gasteiger partial charge >= 0.3 is 0 Å². The summed E-state index contributed by atoms with van der Waals surface area (Å²) in [5, 5.41) is 1.04. The zero-order valence-electron chi connectivity index (χ0n) is 9.99. The molecule has 1 fully saturated rings. The fraction of sp³-hybridized carbons (Fsp3) is 0.500. The first-order valence-electron chi connectivity index (χ1n) is 5.57. The van der Waals surface area contributed by atoms with Gasteiger partial charge in [0, 0.05) is 17.7 Å². The standard InChI is InChI=1S/C12H15Cl2NO3/c1-16-5-9-6-17-12(7-15,18-9)10-3-2-8(13)4-11(10)14/h2-4,9H,5-7,15H2,1H3. The van der Waals surface area contributed by atoms with E-state index in [0.29, 0.717) is 28.8 Å². The molecule has 1 aromatic rings. The van der Waals surface area contributed by atoms with Crippen LogP contribution < -0.4 is 5.73 Å². The van der Waals surface area contributed by atoms with E-state index in [1.54, 1.807) is 25.3 Å². The first-order valence-corrected chi connectivity index (χ1v) is 6.33. The van der Waals surface area contributed by atoms with Gasteiger partial charge in [0.25, 0.3) is 0 Å². The fourth-order valence-corrected chi connectivity index (χ4v) is 2.54. The molecule has 0 aliphatic carbocycles. The van der Waals surface area contributed by atoms with Crippen molar-refractivity contribution in [2.45, 2.75) is 11.9 Å². The molecule has 2 rings (SSSR count). The molecule has 2 unspecified atom stereocenters. The maximum Gasteiger partial charge on any atom is 0.209 e. The zero-order chi connectivity index (χ0) is 13.2. The average Bonchev–Trinajstić information content (AvgIpc) is 2.74. The van der Waals surface area contributed by atoms with Crippen LogP contribution in [0.25, 0.3) is 0 Å². The molecule has 0 saturated carbocycles. The van der Waals surface area contributed by atoms with E-state index in [1.807, 2.05) is 0 Å². The van der Waals surface area contributed by atoms with Gasteiger partial charge in [-0.3, -0.25) is 0 Å². The van der Waals surface area contributed by atoms with Gasteiger partial charge in [-0.1, -0.05) is 29.3 Å². The monoisotopic (exact) mass is 291 g/mol. The molecule has 0 spiro atoms. The van der Waals surface area contributed by atoms with Crippen LogP contribution in [0.3, 0.4) is 0 Å². The molecule has 2 atom stereocenters. The highest BCUT2D eigenvalue weighted by atomic mass is 35.5. The molecule has 0 bridgehead atoms. The van der Waals surface area contributed by atoms with Gasteiger partial charge in [0.05, 0.1) is 24.8 Å². The van der Waals surface area contributed by atoms with E-state index < -0.39 is 5.79 Å². The van der Waals surface area contributed by atoms with Gasteiger partial charge in [-0.2, -0.15) is 0 Å². The van der Waals surface area contributed by atoms with Crippen LogP contribution in [0.15, 0.2) is 18.2 Å². The Morgan fingerprint density at radius 1 is 1.50 bits per heavy atom. The van der Waals surface area contributed by atoms with Crippen molar-refractivity contribution in [2.24, 2.45) is 5.73 Å². The number of hydrogen-bond donors (Lipinski definition) is 1. The Bertz CT molecular complexity index is 430. The van der Waals surface area contributed by atoms with Crippen LogP contribution in [-0.4, -0.2) is 33.0 Å². The molecule has 0 amide bonds. The lowest BCUT2D eigenvalue weighted by molar-refractivity contribution is -0.172. The van der Waals surface area contributed by atoms with E-state index in [4.69, 9.17) is 43.1 Å². The number of ether oxygens (including phenoxy) is 3. The molecule has 18 heavy (non-hydrogen) atoms. The highest BCUT2D eigenvalue weighted by Crippen LogP contribution is 2.38. The largest absolute Gasteiger partial charge is 0.382 e. The second-order valence-electron chi connectivity index (χ2n) is 4.09. The lowest BCUT2D eigenvalue weighted by Crippen LogP contribution is -2.37. The molecule has 100 valence electrons. The summed E-state index contributed by atoms with van der Waals surface area (Å²) in [4.78, 5) is 0. The third-order valence-electron chi connectivity index (χ3n) is 2.82. The van der Waals surface area contributed by atoms with E-state index in [1.165, 1.54) is 0 Å². The Morgan fingerprint density at radius 3 is 2.89 bits per heavy atom. The second-order valence-corrected chi connectivity index (χ2v) is 4.93. The van der Waals surface area contributed by atoms with Crippen LogP contribution in [0.4, 0.5) is 0 Å². The van der Waals surface area contributed by atoms with Crippen molar-refractivity contribution >= 4 is 23.2 Å². The third kappa shape index (κ3) is 2.64. The molecule has 0 aromatic heterocycles. The van der Waals surface area contributed by atoms with Gasteiger partial charge in [0.1, 0.15) is 6.10 Å². The van der Waals surface area contributed by atoms with E-state index in [2.05, 4.69) is 0 Å². The Balaban J connectivity index is 2.28.